The molecule has 0 aliphatic carbocycles. The average molecular weight is 1020 g/mol. The number of likely N-dealkylation sites (N-methyl/N-ethyl adjacent to an activating group) is 1. The Hall–Kier alpha value is -4.19. The van der Waals surface area contributed by atoms with Crippen molar-refractivity contribution in [1.82, 2.24) is 14.9 Å². The summed E-state index contributed by atoms with van der Waals surface area (Å²) in [5, 5.41) is 33.8. The molecule has 2 amide bonds. The van der Waals surface area contributed by atoms with Crippen LogP contribution in [-0.4, -0.2) is 153 Å². The van der Waals surface area contributed by atoms with Gasteiger partial charge in [0.2, 0.25) is 11.8 Å². The molecule has 396 valence electrons. The number of aliphatic imine (C=N–C) groups is 1. The molecule has 21 heteroatoms. The maximum Gasteiger partial charge on any atom is 0.351 e. The number of halogens is 1. The lowest BCUT2D eigenvalue weighted by molar-refractivity contribution is -0.296. The summed E-state index contributed by atoms with van der Waals surface area (Å²) in [4.78, 5) is 75.8. The van der Waals surface area contributed by atoms with E-state index in [0.717, 1.165) is 6.92 Å². The van der Waals surface area contributed by atoms with Gasteiger partial charge in [0.1, 0.15) is 34.3 Å². The smallest absolute Gasteiger partial charge is 0.351 e. The average Bonchev–Trinajstić information content (AvgIpc) is 3.77. The molecule has 2 bridgehead atoms. The zero-order valence-electron chi connectivity index (χ0n) is 43.5. The number of amides is 2. The van der Waals surface area contributed by atoms with E-state index in [1.807, 2.05) is 46.7 Å². The molecule has 14 atom stereocenters. The lowest BCUT2D eigenvalue weighted by Gasteiger charge is -2.47. The standard InChI is InChI=1S/C50H76FN7O12S/c1-14-36-50(11,64)43-29(7)39(56-38(59)15-2)27(5)20-48(9,42(30(8)41(61)49(10,51)47(63)69-36)70-46-40(60)35(58(12)13)19-28(6)68-46)66-23-33(22-65-43)57-67-24-32-17-16-31(21-53-32)45-55-37(25-71-45)54-44(62)34(52)18-26(3)4/h16-17,21,25-30,34-36,40,42-43,46,60,64H,14-15,18-20,22-24,52H2,1-13H3,(H,54,62)/b56-39?,57-33+/t27-,28-,29+,30+,34+,35+,36-,40-,42-,43-,46+,48-,49+,50-/m1/s1. The number of rotatable bonds is 13. The minimum absolute atomic E-state index is 0.0204. The quantitative estimate of drug-likeness (QED) is 0.111. The molecular weight excluding hydrogens is 942 g/mol. The maximum absolute atomic E-state index is 17.0. The monoisotopic (exact) mass is 1020 g/mol. The number of anilines is 1. The Balaban J connectivity index is 1.57. The molecule has 5 heterocycles. The molecule has 0 spiro atoms. The molecule has 0 saturated carbocycles. The number of hydrogen-bond donors (Lipinski definition) is 4. The zero-order valence-corrected chi connectivity index (χ0v) is 44.3. The third-order valence-electron chi connectivity index (χ3n) is 13.7. The Morgan fingerprint density at radius 1 is 1.10 bits per heavy atom. The number of fused-ring (bicyclic) bond motifs is 5. The van der Waals surface area contributed by atoms with Gasteiger partial charge in [-0.05, 0) is 91.4 Å². The van der Waals surface area contributed by atoms with Gasteiger partial charge in [-0.15, -0.1) is 11.3 Å². The van der Waals surface area contributed by atoms with E-state index in [0.29, 0.717) is 40.6 Å². The highest BCUT2D eigenvalue weighted by atomic mass is 32.1. The van der Waals surface area contributed by atoms with Crippen molar-refractivity contribution in [2.24, 2.45) is 39.6 Å². The molecule has 19 nitrogen and oxygen atoms in total. The van der Waals surface area contributed by atoms with Gasteiger partial charge in [-0.1, -0.05) is 53.6 Å². The van der Waals surface area contributed by atoms with Crippen LogP contribution in [0, 0.1) is 23.7 Å². The van der Waals surface area contributed by atoms with Gasteiger partial charge in [-0.2, -0.15) is 0 Å². The van der Waals surface area contributed by atoms with Crippen LogP contribution in [0.2, 0.25) is 0 Å². The number of aliphatic hydroxyl groups is 2. The molecule has 5 rings (SSSR count). The van der Waals surface area contributed by atoms with Gasteiger partial charge < -0.3 is 54.7 Å². The number of thiazole rings is 1. The summed E-state index contributed by atoms with van der Waals surface area (Å²) in [7, 11) is 3.62. The van der Waals surface area contributed by atoms with Gasteiger partial charge in [-0.25, -0.2) is 19.2 Å². The van der Waals surface area contributed by atoms with Crippen LogP contribution < -0.4 is 11.1 Å². The van der Waals surface area contributed by atoms with Crippen LogP contribution in [-0.2, 0) is 54.3 Å². The number of ketones is 1. The lowest BCUT2D eigenvalue weighted by Crippen LogP contribution is -2.61. The number of alkyl halides is 1. The number of hydrogen-bond acceptors (Lipinski definition) is 18. The van der Waals surface area contributed by atoms with E-state index in [4.69, 9.17) is 34.3 Å². The molecular formula is C50H76FN7O12S. The summed E-state index contributed by atoms with van der Waals surface area (Å²) < 4.78 is 49.1. The number of nitrogens with zero attached hydrogens (tertiary/aromatic N) is 5. The first kappa shape index (κ1) is 57.7. The van der Waals surface area contributed by atoms with Crippen molar-refractivity contribution in [3.05, 3.63) is 29.4 Å². The minimum atomic E-state index is -3.25. The van der Waals surface area contributed by atoms with Crippen molar-refractivity contribution in [2.75, 3.05) is 32.6 Å². The summed E-state index contributed by atoms with van der Waals surface area (Å²) in [6.07, 6.45) is -4.50. The first-order chi connectivity index (χ1) is 33.2. The first-order valence-corrected chi connectivity index (χ1v) is 25.5. The van der Waals surface area contributed by atoms with Crippen molar-refractivity contribution in [3.63, 3.8) is 0 Å². The number of cyclic esters (lactones) is 1. The molecule has 71 heavy (non-hydrogen) atoms. The third-order valence-corrected chi connectivity index (χ3v) is 14.6. The zero-order chi connectivity index (χ0) is 52.7. The number of carbonyl (C=O) groups excluding carboxylic acids is 4. The Morgan fingerprint density at radius 2 is 1.80 bits per heavy atom. The molecule has 0 unspecified atom stereocenters. The van der Waals surface area contributed by atoms with Crippen LogP contribution >= 0.6 is 11.3 Å². The predicted octanol–water partition coefficient (Wildman–Crippen LogP) is 5.43. The predicted molar refractivity (Wildman–Crippen MR) is 265 cm³/mol. The fourth-order valence-electron chi connectivity index (χ4n) is 9.77. The van der Waals surface area contributed by atoms with Crippen molar-refractivity contribution < 1.29 is 62.3 Å². The van der Waals surface area contributed by atoms with Gasteiger partial charge in [0.15, 0.2) is 18.7 Å². The molecule has 3 aliphatic rings. The summed E-state index contributed by atoms with van der Waals surface area (Å²) >= 11 is 1.33. The largest absolute Gasteiger partial charge is 0.457 e. The van der Waals surface area contributed by atoms with Crippen LogP contribution in [0.4, 0.5) is 10.2 Å². The number of esters is 1. The Labute approximate surface area is 420 Å². The van der Waals surface area contributed by atoms with Gasteiger partial charge in [0.25, 0.3) is 5.67 Å². The molecule has 3 aliphatic heterocycles. The highest BCUT2D eigenvalue weighted by Crippen LogP contribution is 2.41. The van der Waals surface area contributed by atoms with Crippen molar-refractivity contribution in [3.8, 4) is 10.6 Å². The van der Waals surface area contributed by atoms with E-state index in [1.54, 1.807) is 51.4 Å². The van der Waals surface area contributed by atoms with E-state index in [-0.39, 0.29) is 56.6 Å². The highest BCUT2D eigenvalue weighted by molar-refractivity contribution is 7.13. The molecule has 0 radical (unpaired) electrons. The molecule has 3 fully saturated rings. The van der Waals surface area contributed by atoms with Crippen LogP contribution in [0.1, 0.15) is 114 Å². The number of oxime groups is 1. The SMILES string of the molecule is CCC(=O)N=C1[C@H](C)C[C@@]2(C)OC/C(=N/OCc3ccc(-c4nc(NC(=O)[C@@H](N)CC(C)C)cs4)cn3)CO[C@H]([C@H]1C)[C@](C)(O)[C@@H](CC)OC(=O)[C@@](C)(F)C(=O)[C@H](C)[C@H]2O[C@@H]1O[C@H](C)C[C@H](N(C)C)[C@H]1O. The summed E-state index contributed by atoms with van der Waals surface area (Å²) in [6.45, 7) is 17.2. The summed E-state index contributed by atoms with van der Waals surface area (Å²) in [5.41, 5.74) is 0.791. The van der Waals surface area contributed by atoms with Crippen LogP contribution in [0.3, 0.4) is 0 Å². The van der Waals surface area contributed by atoms with E-state index >= 15 is 4.39 Å². The lowest BCUT2D eigenvalue weighted by atomic mass is 9.73. The Kier molecular flexibility index (Phi) is 19.7. The fourth-order valence-corrected chi connectivity index (χ4v) is 10.5. The maximum atomic E-state index is 17.0. The summed E-state index contributed by atoms with van der Waals surface area (Å²) in [6, 6.07) is 2.45. The van der Waals surface area contributed by atoms with E-state index in [1.165, 1.54) is 25.2 Å². The van der Waals surface area contributed by atoms with Gasteiger partial charge in [0.05, 0.1) is 48.9 Å². The number of pyridine rings is 1. The van der Waals surface area contributed by atoms with E-state index in [2.05, 4.69) is 25.4 Å². The molecule has 3 saturated heterocycles. The number of nitrogens with two attached hydrogens (primary N) is 1. The Bertz CT molecular complexity index is 2220. The molecule has 2 aromatic rings. The third kappa shape index (κ3) is 13.9. The van der Waals surface area contributed by atoms with E-state index < -0.39 is 101 Å². The van der Waals surface area contributed by atoms with Crippen LogP contribution in [0.25, 0.3) is 10.6 Å². The first-order valence-electron chi connectivity index (χ1n) is 24.6. The Morgan fingerprint density at radius 3 is 2.42 bits per heavy atom. The van der Waals surface area contributed by atoms with Gasteiger partial charge in [0, 0.05) is 47.2 Å². The number of Topliss-reactive ketones (excluding diaryl/α,β-unsaturated/α-hetero) is 1. The van der Waals surface area contributed by atoms with Crippen molar-refractivity contribution >= 4 is 52.1 Å². The van der Waals surface area contributed by atoms with E-state index in [9.17, 15) is 29.4 Å². The van der Waals surface area contributed by atoms with Crippen LogP contribution in [0.5, 0.6) is 0 Å². The van der Waals surface area contributed by atoms with Gasteiger partial charge in [-0.3, -0.25) is 19.4 Å². The number of carbonyl (C=O) groups is 4. The second-order valence-corrected chi connectivity index (χ2v) is 21.4. The topological polar surface area (TPSA) is 256 Å². The second-order valence-electron chi connectivity index (χ2n) is 20.6. The molecule has 2 aromatic heterocycles. The van der Waals surface area contributed by atoms with Crippen molar-refractivity contribution in [2.45, 2.75) is 181 Å². The normalized spacial score (nSPS) is 35.1. The molecule has 5 N–H and O–H groups in total. The fraction of sp³-hybridized carbons (Fsp3) is 0.720. The van der Waals surface area contributed by atoms with Gasteiger partial charge >= 0.3 is 5.97 Å². The second kappa shape index (κ2) is 24.2. The number of aliphatic hydroxyl groups excluding tert-OH is 1. The van der Waals surface area contributed by atoms with Crippen molar-refractivity contribution in [1.29, 1.82) is 0 Å². The number of ether oxygens (including phenoxy) is 5. The highest BCUT2D eigenvalue weighted by Gasteiger charge is 2.57. The minimum Gasteiger partial charge on any atom is -0.457 e. The summed E-state index contributed by atoms with van der Waals surface area (Å²) in [5.74, 6) is -5.82. The number of nitrogens with one attached hydrogen (secondary N) is 1. The molecule has 0 aromatic carbocycles. The van der Waals surface area contributed by atoms with Crippen LogP contribution in [0.15, 0.2) is 33.9 Å². The number of aromatic nitrogens is 2.